The van der Waals surface area contributed by atoms with E-state index in [1.807, 2.05) is 0 Å². The van der Waals surface area contributed by atoms with Crippen molar-refractivity contribution in [3.63, 3.8) is 0 Å². The maximum absolute atomic E-state index is 13.5. The van der Waals surface area contributed by atoms with Crippen molar-refractivity contribution in [3.8, 4) is 0 Å². The van der Waals surface area contributed by atoms with Crippen LogP contribution < -0.4 is 10.0 Å². The number of sulfonamides is 1. The standard InChI is InChI=1S/C16H20FN3O3S2/c1-18-25(22,23)13-9-15(20(2)10-13)16(21)19-7-8-24-11-12-5-3-4-6-14(12)17/h3-6,9-10,18H,7-8,11H2,1-2H3,(H,19,21). The summed E-state index contributed by atoms with van der Waals surface area (Å²) in [6, 6.07) is 7.91. The van der Waals surface area contributed by atoms with Gasteiger partial charge in [0.25, 0.3) is 5.91 Å². The molecule has 0 aliphatic carbocycles. The van der Waals surface area contributed by atoms with E-state index >= 15 is 0 Å². The third kappa shape index (κ3) is 5.07. The first-order valence-corrected chi connectivity index (χ1v) is 10.2. The molecule has 6 nitrogen and oxygen atoms in total. The Kier molecular flexibility index (Phi) is 6.63. The first-order valence-electron chi connectivity index (χ1n) is 7.54. The highest BCUT2D eigenvalue weighted by Gasteiger charge is 2.18. The van der Waals surface area contributed by atoms with Gasteiger partial charge in [-0.15, -0.1) is 0 Å². The Bertz CT molecular complexity index is 850. The summed E-state index contributed by atoms with van der Waals surface area (Å²) in [6.45, 7) is 0.400. The Morgan fingerprint density at radius 1 is 1.32 bits per heavy atom. The number of halogens is 1. The van der Waals surface area contributed by atoms with E-state index in [9.17, 15) is 17.6 Å². The number of carbonyl (C=O) groups excluding carboxylic acids is 1. The molecule has 9 heteroatoms. The van der Waals surface area contributed by atoms with Gasteiger partial charge in [-0.05, 0) is 24.7 Å². The van der Waals surface area contributed by atoms with Crippen molar-refractivity contribution >= 4 is 27.7 Å². The van der Waals surface area contributed by atoms with Gasteiger partial charge in [-0.1, -0.05) is 18.2 Å². The molecule has 0 fully saturated rings. The molecule has 0 bridgehead atoms. The lowest BCUT2D eigenvalue weighted by Gasteiger charge is -2.06. The number of hydrogen-bond donors (Lipinski definition) is 2. The van der Waals surface area contributed by atoms with E-state index < -0.39 is 10.0 Å². The van der Waals surface area contributed by atoms with E-state index in [0.717, 1.165) is 0 Å². The predicted octanol–water partition coefficient (Wildman–Crippen LogP) is 1.74. The van der Waals surface area contributed by atoms with Crippen LogP contribution in [-0.4, -0.2) is 38.2 Å². The van der Waals surface area contributed by atoms with Crippen LogP contribution >= 0.6 is 11.8 Å². The molecule has 136 valence electrons. The number of thioether (sulfide) groups is 1. The molecule has 0 aliphatic rings. The second kappa shape index (κ2) is 8.50. The Hall–Kier alpha value is -1.84. The number of nitrogens with zero attached hydrogens (tertiary/aromatic N) is 1. The van der Waals surface area contributed by atoms with Gasteiger partial charge < -0.3 is 9.88 Å². The van der Waals surface area contributed by atoms with Crippen LogP contribution in [0, 0.1) is 5.82 Å². The predicted molar refractivity (Wildman–Crippen MR) is 96.6 cm³/mol. The smallest absolute Gasteiger partial charge is 0.267 e. The summed E-state index contributed by atoms with van der Waals surface area (Å²) in [5.74, 6) is 0.552. The van der Waals surface area contributed by atoms with Crippen LogP contribution in [0.3, 0.4) is 0 Å². The molecular formula is C16H20FN3O3S2. The minimum absolute atomic E-state index is 0.0385. The minimum Gasteiger partial charge on any atom is -0.350 e. The highest BCUT2D eigenvalue weighted by Crippen LogP contribution is 2.15. The molecule has 2 N–H and O–H groups in total. The zero-order valence-electron chi connectivity index (χ0n) is 14.0. The van der Waals surface area contributed by atoms with Crippen molar-refractivity contribution in [2.75, 3.05) is 19.3 Å². The quantitative estimate of drug-likeness (QED) is 0.679. The SMILES string of the molecule is CNS(=O)(=O)c1cc(C(=O)NCCSCc2ccccc2F)n(C)c1. The van der Waals surface area contributed by atoms with Crippen molar-refractivity contribution in [2.45, 2.75) is 10.6 Å². The molecule has 2 rings (SSSR count). The molecule has 1 aromatic carbocycles. The van der Waals surface area contributed by atoms with Gasteiger partial charge in [0, 0.05) is 31.3 Å². The van der Waals surface area contributed by atoms with Crippen LogP contribution in [0.25, 0.3) is 0 Å². The summed E-state index contributed by atoms with van der Waals surface area (Å²) < 4.78 is 40.7. The van der Waals surface area contributed by atoms with Gasteiger partial charge in [-0.2, -0.15) is 11.8 Å². The number of nitrogens with one attached hydrogen (secondary N) is 2. The normalized spacial score (nSPS) is 11.5. The van der Waals surface area contributed by atoms with Gasteiger partial charge in [0.15, 0.2) is 0 Å². The average Bonchev–Trinajstić information content (AvgIpc) is 2.98. The maximum Gasteiger partial charge on any atom is 0.267 e. The Morgan fingerprint density at radius 2 is 2.04 bits per heavy atom. The zero-order chi connectivity index (χ0) is 18.4. The van der Waals surface area contributed by atoms with Crippen molar-refractivity contribution in [2.24, 2.45) is 7.05 Å². The number of carbonyl (C=O) groups is 1. The summed E-state index contributed by atoms with van der Waals surface area (Å²) in [6.07, 6.45) is 1.38. The van der Waals surface area contributed by atoms with E-state index in [-0.39, 0.29) is 22.3 Å². The number of amides is 1. The average molecular weight is 385 g/mol. The molecule has 1 amide bonds. The van der Waals surface area contributed by atoms with Gasteiger partial charge in [0.05, 0.1) is 0 Å². The van der Waals surface area contributed by atoms with Crippen molar-refractivity contribution in [1.29, 1.82) is 0 Å². The summed E-state index contributed by atoms with van der Waals surface area (Å²) in [5.41, 5.74) is 0.885. The molecule has 0 atom stereocenters. The molecule has 0 saturated carbocycles. The number of hydrogen-bond acceptors (Lipinski definition) is 4. The van der Waals surface area contributed by atoms with Crippen LogP contribution in [-0.2, 0) is 22.8 Å². The zero-order valence-corrected chi connectivity index (χ0v) is 15.6. The third-order valence-electron chi connectivity index (χ3n) is 3.54. The number of aromatic nitrogens is 1. The number of benzene rings is 1. The number of rotatable bonds is 8. The van der Waals surface area contributed by atoms with Crippen LogP contribution in [0.2, 0.25) is 0 Å². The van der Waals surface area contributed by atoms with Crippen molar-refractivity contribution < 1.29 is 17.6 Å². The molecule has 2 aromatic rings. The van der Waals surface area contributed by atoms with Gasteiger partial charge in [0.2, 0.25) is 10.0 Å². The molecule has 1 aromatic heterocycles. The minimum atomic E-state index is -3.59. The molecule has 0 spiro atoms. The largest absolute Gasteiger partial charge is 0.350 e. The maximum atomic E-state index is 13.5. The fourth-order valence-electron chi connectivity index (χ4n) is 2.15. The van der Waals surface area contributed by atoms with E-state index in [1.165, 1.54) is 41.7 Å². The third-order valence-corrected chi connectivity index (χ3v) is 5.93. The van der Waals surface area contributed by atoms with E-state index in [4.69, 9.17) is 0 Å². The molecular weight excluding hydrogens is 365 g/mol. The topological polar surface area (TPSA) is 80.2 Å². The van der Waals surface area contributed by atoms with Crippen LogP contribution in [0.5, 0.6) is 0 Å². The lowest BCUT2D eigenvalue weighted by Crippen LogP contribution is -2.27. The Morgan fingerprint density at radius 3 is 2.72 bits per heavy atom. The van der Waals surface area contributed by atoms with Crippen LogP contribution in [0.15, 0.2) is 41.4 Å². The summed E-state index contributed by atoms with van der Waals surface area (Å²) in [5, 5.41) is 2.73. The molecule has 0 unspecified atom stereocenters. The van der Waals surface area contributed by atoms with Crippen LogP contribution in [0.1, 0.15) is 16.1 Å². The fourth-order valence-corrected chi connectivity index (χ4v) is 3.79. The van der Waals surface area contributed by atoms with E-state index in [2.05, 4.69) is 10.0 Å². The van der Waals surface area contributed by atoms with Crippen molar-refractivity contribution in [1.82, 2.24) is 14.6 Å². The summed E-state index contributed by atoms with van der Waals surface area (Å²) in [7, 11) is -0.666. The van der Waals surface area contributed by atoms with Gasteiger partial charge >= 0.3 is 0 Å². The van der Waals surface area contributed by atoms with Gasteiger partial charge in [-0.3, -0.25) is 4.79 Å². The Balaban J connectivity index is 1.84. The molecule has 25 heavy (non-hydrogen) atoms. The summed E-state index contributed by atoms with van der Waals surface area (Å²) >= 11 is 1.51. The fraction of sp³-hybridized carbons (Fsp3) is 0.312. The van der Waals surface area contributed by atoms with Crippen LogP contribution in [0.4, 0.5) is 4.39 Å². The highest BCUT2D eigenvalue weighted by atomic mass is 32.2. The van der Waals surface area contributed by atoms with Gasteiger partial charge in [-0.25, -0.2) is 17.5 Å². The van der Waals surface area contributed by atoms with Gasteiger partial charge in [0.1, 0.15) is 16.4 Å². The molecule has 0 saturated heterocycles. The lowest BCUT2D eigenvalue weighted by molar-refractivity contribution is 0.0948. The van der Waals surface area contributed by atoms with E-state index in [1.54, 1.807) is 25.2 Å². The summed E-state index contributed by atoms with van der Waals surface area (Å²) in [4.78, 5) is 12.2. The molecule has 0 radical (unpaired) electrons. The second-order valence-corrected chi connectivity index (χ2v) is 8.27. The highest BCUT2D eigenvalue weighted by molar-refractivity contribution is 7.98. The number of aryl methyl sites for hydroxylation is 1. The molecule has 1 heterocycles. The Labute approximate surface area is 150 Å². The first kappa shape index (κ1) is 19.5. The molecule has 0 aliphatic heterocycles. The van der Waals surface area contributed by atoms with E-state index in [0.29, 0.717) is 23.6 Å². The monoisotopic (exact) mass is 385 g/mol. The lowest BCUT2D eigenvalue weighted by atomic mass is 10.2. The van der Waals surface area contributed by atoms with Crippen molar-refractivity contribution in [3.05, 3.63) is 53.6 Å². The first-order chi connectivity index (χ1) is 11.8. The second-order valence-electron chi connectivity index (χ2n) is 5.28.